The Kier molecular flexibility index (Phi) is 2.67. The third-order valence-corrected chi connectivity index (χ3v) is 3.78. The Bertz CT molecular complexity index is 797. The molecule has 3 aromatic rings. The molecule has 0 fully saturated rings. The first-order valence-corrected chi connectivity index (χ1v) is 6.93. The average Bonchev–Trinajstić information content (AvgIpc) is 3.14. The number of hydrogen-bond acceptors (Lipinski definition) is 2. The first-order chi connectivity index (χ1) is 10.3. The van der Waals surface area contributed by atoms with Crippen LogP contribution in [0.5, 0.6) is 5.75 Å². The number of aromatic nitrogens is 1. The number of benzene rings is 2. The van der Waals surface area contributed by atoms with Crippen molar-refractivity contribution in [2.24, 2.45) is 0 Å². The van der Waals surface area contributed by atoms with Crippen molar-refractivity contribution in [1.29, 1.82) is 0 Å². The van der Waals surface area contributed by atoms with Crippen LogP contribution in [0.2, 0.25) is 0 Å². The molecule has 1 aliphatic rings. The van der Waals surface area contributed by atoms with Gasteiger partial charge >= 0.3 is 0 Å². The van der Waals surface area contributed by atoms with Gasteiger partial charge in [-0.2, -0.15) is 0 Å². The molecule has 2 heterocycles. The highest BCUT2D eigenvalue weighted by Crippen LogP contribution is 2.29. The second kappa shape index (κ2) is 4.66. The molecule has 2 N–H and O–H groups in total. The molecule has 4 nitrogen and oxygen atoms in total. The van der Waals surface area contributed by atoms with E-state index in [0.717, 1.165) is 27.9 Å². The summed E-state index contributed by atoms with van der Waals surface area (Å²) in [5.41, 5.74) is 2.79. The minimum absolute atomic E-state index is 0.117. The lowest BCUT2D eigenvalue weighted by molar-refractivity contribution is -0.122. The van der Waals surface area contributed by atoms with Crippen LogP contribution in [0, 0.1) is 0 Å². The van der Waals surface area contributed by atoms with Crippen LogP contribution in [0.1, 0.15) is 5.56 Å². The van der Waals surface area contributed by atoms with E-state index in [-0.39, 0.29) is 5.91 Å². The molecular weight excluding hydrogens is 264 g/mol. The van der Waals surface area contributed by atoms with E-state index in [0.29, 0.717) is 6.42 Å². The number of ether oxygens (including phenoxy) is 1. The molecule has 1 amide bonds. The standard InChI is InChI=1S/C17H14N2O2/c20-17(15-10-12-4-1-2-7-14(12)21-15)19-13-6-3-5-11-8-9-18-16(11)13/h1-9,15,18H,10H2,(H,19,20). The van der Waals surface area contributed by atoms with Gasteiger partial charge in [0, 0.05) is 18.0 Å². The summed E-state index contributed by atoms with van der Waals surface area (Å²) in [6.07, 6.45) is 2.01. The van der Waals surface area contributed by atoms with Crippen LogP contribution in [-0.2, 0) is 11.2 Å². The minimum Gasteiger partial charge on any atom is -0.480 e. The largest absolute Gasteiger partial charge is 0.480 e. The monoisotopic (exact) mass is 278 g/mol. The normalized spacial score (nSPS) is 16.5. The zero-order chi connectivity index (χ0) is 14.2. The number of fused-ring (bicyclic) bond motifs is 2. The fourth-order valence-corrected chi connectivity index (χ4v) is 2.73. The fourth-order valence-electron chi connectivity index (χ4n) is 2.73. The fraction of sp³-hybridized carbons (Fsp3) is 0.118. The molecular formula is C17H14N2O2. The van der Waals surface area contributed by atoms with Gasteiger partial charge < -0.3 is 15.0 Å². The van der Waals surface area contributed by atoms with E-state index in [9.17, 15) is 4.79 Å². The summed E-state index contributed by atoms with van der Waals surface area (Å²) in [6.45, 7) is 0. The first-order valence-electron chi connectivity index (χ1n) is 6.93. The smallest absolute Gasteiger partial charge is 0.265 e. The molecule has 104 valence electrons. The van der Waals surface area contributed by atoms with Crippen LogP contribution in [0.4, 0.5) is 5.69 Å². The SMILES string of the molecule is O=C(Nc1cccc2cc[nH]c12)C1Cc2ccccc2O1. The van der Waals surface area contributed by atoms with Gasteiger partial charge in [0.25, 0.3) is 5.91 Å². The van der Waals surface area contributed by atoms with E-state index < -0.39 is 6.10 Å². The molecule has 2 aromatic carbocycles. The molecule has 4 rings (SSSR count). The van der Waals surface area contributed by atoms with Crippen molar-refractivity contribution in [2.45, 2.75) is 12.5 Å². The molecule has 21 heavy (non-hydrogen) atoms. The predicted octanol–water partition coefficient (Wildman–Crippen LogP) is 3.11. The number of amides is 1. The molecule has 0 aliphatic carbocycles. The highest BCUT2D eigenvalue weighted by molar-refractivity contribution is 6.02. The molecule has 0 saturated carbocycles. The van der Waals surface area contributed by atoms with Crippen LogP contribution in [0.25, 0.3) is 10.9 Å². The Hall–Kier alpha value is -2.75. The molecule has 0 spiro atoms. The number of rotatable bonds is 2. The van der Waals surface area contributed by atoms with E-state index in [1.807, 2.05) is 54.7 Å². The first kappa shape index (κ1) is 12.0. The van der Waals surface area contributed by atoms with E-state index in [2.05, 4.69) is 10.3 Å². The third kappa shape index (κ3) is 2.05. The molecule has 0 radical (unpaired) electrons. The number of anilines is 1. The summed E-state index contributed by atoms with van der Waals surface area (Å²) in [4.78, 5) is 15.5. The lowest BCUT2D eigenvalue weighted by Crippen LogP contribution is -2.31. The Morgan fingerprint density at radius 1 is 1.14 bits per heavy atom. The van der Waals surface area contributed by atoms with Gasteiger partial charge in [-0.1, -0.05) is 30.3 Å². The van der Waals surface area contributed by atoms with Crippen LogP contribution < -0.4 is 10.1 Å². The van der Waals surface area contributed by atoms with Crippen LogP contribution in [0.3, 0.4) is 0 Å². The van der Waals surface area contributed by atoms with Gasteiger partial charge in [-0.15, -0.1) is 0 Å². The molecule has 1 aliphatic heterocycles. The van der Waals surface area contributed by atoms with E-state index >= 15 is 0 Å². The lowest BCUT2D eigenvalue weighted by atomic mass is 10.1. The van der Waals surface area contributed by atoms with Crippen molar-refractivity contribution in [3.8, 4) is 5.75 Å². The van der Waals surface area contributed by atoms with E-state index in [4.69, 9.17) is 4.74 Å². The maximum atomic E-state index is 12.4. The minimum atomic E-state index is -0.465. The van der Waals surface area contributed by atoms with Crippen LogP contribution >= 0.6 is 0 Å². The molecule has 1 atom stereocenters. The van der Waals surface area contributed by atoms with Gasteiger partial charge in [-0.05, 0) is 23.8 Å². The molecule has 1 unspecified atom stereocenters. The van der Waals surface area contributed by atoms with E-state index in [1.54, 1.807) is 0 Å². The third-order valence-electron chi connectivity index (χ3n) is 3.78. The number of carbonyl (C=O) groups is 1. The molecule has 0 bridgehead atoms. The maximum absolute atomic E-state index is 12.4. The Morgan fingerprint density at radius 2 is 2.05 bits per heavy atom. The molecule has 4 heteroatoms. The van der Waals surface area contributed by atoms with Crippen LogP contribution in [-0.4, -0.2) is 17.0 Å². The lowest BCUT2D eigenvalue weighted by Gasteiger charge is -2.12. The van der Waals surface area contributed by atoms with Gasteiger partial charge in [0.05, 0.1) is 11.2 Å². The van der Waals surface area contributed by atoms with Crippen molar-refractivity contribution < 1.29 is 9.53 Å². The maximum Gasteiger partial charge on any atom is 0.265 e. The molecule has 1 aromatic heterocycles. The van der Waals surface area contributed by atoms with Crippen molar-refractivity contribution >= 4 is 22.5 Å². The summed E-state index contributed by atoms with van der Waals surface area (Å²) < 4.78 is 5.71. The summed E-state index contributed by atoms with van der Waals surface area (Å²) in [6, 6.07) is 15.6. The van der Waals surface area contributed by atoms with Crippen molar-refractivity contribution in [1.82, 2.24) is 4.98 Å². The van der Waals surface area contributed by atoms with Crippen LogP contribution in [0.15, 0.2) is 54.7 Å². The Balaban J connectivity index is 1.56. The summed E-state index contributed by atoms with van der Waals surface area (Å²) in [5.74, 6) is 0.684. The average molecular weight is 278 g/mol. The predicted molar refractivity (Wildman–Crippen MR) is 81.5 cm³/mol. The zero-order valence-electron chi connectivity index (χ0n) is 11.3. The van der Waals surface area contributed by atoms with E-state index in [1.165, 1.54) is 0 Å². The second-order valence-electron chi connectivity index (χ2n) is 5.16. The summed E-state index contributed by atoms with van der Waals surface area (Å²) in [7, 11) is 0. The highest BCUT2D eigenvalue weighted by atomic mass is 16.5. The number of aromatic amines is 1. The van der Waals surface area contributed by atoms with Gasteiger partial charge in [-0.25, -0.2) is 0 Å². The summed E-state index contributed by atoms with van der Waals surface area (Å²) in [5, 5.41) is 4.03. The molecule has 0 saturated heterocycles. The van der Waals surface area contributed by atoms with Gasteiger partial charge in [0.2, 0.25) is 0 Å². The zero-order valence-corrected chi connectivity index (χ0v) is 11.3. The van der Waals surface area contributed by atoms with Crippen molar-refractivity contribution in [3.63, 3.8) is 0 Å². The van der Waals surface area contributed by atoms with Crippen molar-refractivity contribution in [2.75, 3.05) is 5.32 Å². The quantitative estimate of drug-likeness (QED) is 0.756. The topological polar surface area (TPSA) is 54.1 Å². The highest BCUT2D eigenvalue weighted by Gasteiger charge is 2.29. The van der Waals surface area contributed by atoms with Gasteiger partial charge in [0.15, 0.2) is 6.10 Å². The van der Waals surface area contributed by atoms with Gasteiger partial charge in [0.1, 0.15) is 5.75 Å². The Morgan fingerprint density at radius 3 is 2.95 bits per heavy atom. The number of carbonyl (C=O) groups excluding carboxylic acids is 1. The number of hydrogen-bond donors (Lipinski definition) is 2. The van der Waals surface area contributed by atoms with Gasteiger partial charge in [-0.3, -0.25) is 4.79 Å². The van der Waals surface area contributed by atoms with Crippen molar-refractivity contribution in [3.05, 3.63) is 60.3 Å². The number of H-pyrrole nitrogens is 1. The Labute approximate surface area is 121 Å². The number of para-hydroxylation sites is 2. The summed E-state index contributed by atoms with van der Waals surface area (Å²) >= 11 is 0. The second-order valence-corrected chi connectivity index (χ2v) is 5.16. The number of nitrogens with one attached hydrogen (secondary N) is 2.